The van der Waals surface area contributed by atoms with Gasteiger partial charge < -0.3 is 25.7 Å². The minimum atomic E-state index is -1.10. The highest BCUT2D eigenvalue weighted by Gasteiger charge is 2.45. The molecule has 1 aliphatic carbocycles. The number of rotatable bonds is 4. The first kappa shape index (κ1) is 17.0. The Hall–Kier alpha value is -0.340. The van der Waals surface area contributed by atoms with Gasteiger partial charge in [-0.05, 0) is 25.2 Å². The molecule has 0 aromatic heterocycles. The maximum Gasteiger partial charge on any atom is 0.317 e. The molecule has 7 atom stereocenters. The predicted octanol–water partition coefficient (Wildman–Crippen LogP) is -0.194. The zero-order valence-corrected chi connectivity index (χ0v) is 13.0. The van der Waals surface area contributed by atoms with E-state index < -0.39 is 24.3 Å². The Morgan fingerprint density at radius 2 is 1.90 bits per heavy atom. The topological polar surface area (TPSA) is 110 Å². The van der Waals surface area contributed by atoms with Crippen molar-refractivity contribution in [2.24, 2.45) is 5.92 Å². The van der Waals surface area contributed by atoms with Crippen LogP contribution < -0.4 is 5.32 Å². The van der Waals surface area contributed by atoms with Crippen molar-refractivity contribution in [1.29, 1.82) is 0 Å². The Bertz CT molecular complexity index is 369. The van der Waals surface area contributed by atoms with E-state index in [1.54, 1.807) is 0 Å². The summed E-state index contributed by atoms with van der Waals surface area (Å²) in [6.07, 6.45) is 0.776. The second-order valence-electron chi connectivity index (χ2n) is 6.18. The molecule has 0 amide bonds. The lowest BCUT2D eigenvalue weighted by molar-refractivity contribution is -0.136. The number of nitrogens with one attached hydrogen (secondary N) is 1. The number of aliphatic carboxylic acids is 1. The van der Waals surface area contributed by atoms with Crippen molar-refractivity contribution < 1.29 is 25.2 Å². The maximum absolute atomic E-state index is 10.6. The van der Waals surface area contributed by atoms with Gasteiger partial charge in [0.15, 0.2) is 0 Å². The first-order valence-corrected chi connectivity index (χ1v) is 8.49. The van der Waals surface area contributed by atoms with Crippen molar-refractivity contribution in [3.05, 3.63) is 0 Å². The van der Waals surface area contributed by atoms with Crippen LogP contribution in [0.2, 0.25) is 0 Å². The molecular formula is C14H25NO5S. The second kappa shape index (κ2) is 7.28. The number of carboxylic acid groups (broad SMARTS) is 1. The molecule has 0 radical (unpaired) electrons. The number of hydrogen-bond donors (Lipinski definition) is 5. The van der Waals surface area contributed by atoms with Crippen LogP contribution >= 0.6 is 11.8 Å². The molecule has 0 aromatic rings. The van der Waals surface area contributed by atoms with Crippen LogP contribution in [0, 0.1) is 5.92 Å². The molecule has 1 saturated carbocycles. The summed E-state index contributed by atoms with van der Waals surface area (Å²) in [5, 5.41) is 41.6. The Morgan fingerprint density at radius 1 is 1.19 bits per heavy atom. The van der Waals surface area contributed by atoms with E-state index in [1.807, 2.05) is 6.92 Å². The smallest absolute Gasteiger partial charge is 0.317 e. The number of thioether (sulfide) groups is 1. The minimum Gasteiger partial charge on any atom is -0.480 e. The highest BCUT2D eigenvalue weighted by Crippen LogP contribution is 2.41. The van der Waals surface area contributed by atoms with E-state index in [1.165, 1.54) is 11.8 Å². The SMILES string of the molecule is C[C@@H]1S[C@@H](C2CCCC(NCC(=O)O)C2)[C@@H](O)[C@H](O)[C@@H]1O. The van der Waals surface area contributed by atoms with Crippen molar-refractivity contribution in [2.75, 3.05) is 6.54 Å². The van der Waals surface area contributed by atoms with Gasteiger partial charge in [-0.15, -0.1) is 11.8 Å². The quantitative estimate of drug-likeness (QED) is 0.488. The van der Waals surface area contributed by atoms with Crippen LogP contribution in [0.3, 0.4) is 0 Å². The molecule has 1 saturated heterocycles. The Morgan fingerprint density at radius 3 is 2.57 bits per heavy atom. The van der Waals surface area contributed by atoms with Crippen LogP contribution in [-0.4, -0.2) is 67.8 Å². The molecule has 5 N–H and O–H groups in total. The van der Waals surface area contributed by atoms with Gasteiger partial charge in [-0.25, -0.2) is 0 Å². The fourth-order valence-electron chi connectivity index (χ4n) is 3.42. The fraction of sp³-hybridized carbons (Fsp3) is 0.929. The van der Waals surface area contributed by atoms with Gasteiger partial charge in [0.25, 0.3) is 0 Å². The molecule has 21 heavy (non-hydrogen) atoms. The van der Waals surface area contributed by atoms with E-state index in [4.69, 9.17) is 5.11 Å². The third-order valence-electron chi connectivity index (χ3n) is 4.61. The van der Waals surface area contributed by atoms with Gasteiger partial charge in [0, 0.05) is 16.5 Å². The minimum absolute atomic E-state index is 0.0461. The molecule has 2 unspecified atom stereocenters. The molecule has 1 heterocycles. The first-order chi connectivity index (χ1) is 9.90. The molecule has 2 rings (SSSR count). The summed E-state index contributed by atoms with van der Waals surface area (Å²) in [6.45, 7) is 1.82. The molecular weight excluding hydrogens is 294 g/mol. The van der Waals surface area contributed by atoms with Gasteiger partial charge in [0.05, 0.1) is 18.8 Å². The van der Waals surface area contributed by atoms with Gasteiger partial charge in [-0.2, -0.15) is 0 Å². The monoisotopic (exact) mass is 319 g/mol. The van der Waals surface area contributed by atoms with Gasteiger partial charge in [-0.3, -0.25) is 4.79 Å². The molecule has 6 nitrogen and oxygen atoms in total. The fourth-order valence-corrected chi connectivity index (χ4v) is 5.02. The summed E-state index contributed by atoms with van der Waals surface area (Å²) in [6, 6.07) is 0.145. The van der Waals surface area contributed by atoms with E-state index in [0.717, 1.165) is 25.7 Å². The van der Waals surface area contributed by atoms with Crippen LogP contribution in [0.4, 0.5) is 0 Å². The van der Waals surface area contributed by atoms with Crippen molar-refractivity contribution in [1.82, 2.24) is 5.32 Å². The van der Waals surface area contributed by atoms with E-state index in [9.17, 15) is 20.1 Å². The number of hydrogen-bond acceptors (Lipinski definition) is 6. The lowest BCUT2D eigenvalue weighted by atomic mass is 9.80. The maximum atomic E-state index is 10.6. The average molecular weight is 319 g/mol. The zero-order chi connectivity index (χ0) is 15.6. The molecule has 0 bridgehead atoms. The van der Waals surface area contributed by atoms with Gasteiger partial charge >= 0.3 is 5.97 Å². The second-order valence-corrected chi connectivity index (χ2v) is 7.74. The summed E-state index contributed by atoms with van der Waals surface area (Å²) in [5.74, 6) is -0.633. The van der Waals surface area contributed by atoms with Crippen molar-refractivity contribution in [2.45, 2.75) is 67.5 Å². The van der Waals surface area contributed by atoms with Crippen molar-refractivity contribution >= 4 is 17.7 Å². The normalized spacial score (nSPS) is 44.5. The van der Waals surface area contributed by atoms with Crippen LogP contribution in [0.15, 0.2) is 0 Å². The van der Waals surface area contributed by atoms with Crippen LogP contribution in [0.25, 0.3) is 0 Å². The highest BCUT2D eigenvalue weighted by molar-refractivity contribution is 8.00. The highest BCUT2D eigenvalue weighted by atomic mass is 32.2. The molecule has 7 heteroatoms. The van der Waals surface area contributed by atoms with Crippen molar-refractivity contribution in [3.63, 3.8) is 0 Å². The van der Waals surface area contributed by atoms with Crippen LogP contribution in [-0.2, 0) is 4.79 Å². The van der Waals surface area contributed by atoms with Crippen molar-refractivity contribution in [3.8, 4) is 0 Å². The lowest BCUT2D eigenvalue weighted by Crippen LogP contribution is -2.55. The van der Waals surface area contributed by atoms with E-state index in [-0.39, 0.29) is 29.0 Å². The summed E-state index contributed by atoms with van der Waals surface area (Å²) in [4.78, 5) is 10.6. The molecule has 0 spiro atoms. The Kier molecular flexibility index (Phi) is 5.90. The molecule has 0 aromatic carbocycles. The Labute approximate surface area is 128 Å². The molecule has 122 valence electrons. The number of carboxylic acids is 1. The summed E-state index contributed by atoms with van der Waals surface area (Å²) in [5.41, 5.74) is 0. The summed E-state index contributed by atoms with van der Waals surface area (Å²) < 4.78 is 0. The summed E-state index contributed by atoms with van der Waals surface area (Å²) in [7, 11) is 0. The number of aliphatic hydroxyl groups excluding tert-OH is 3. The average Bonchev–Trinajstić information content (AvgIpc) is 2.47. The number of carbonyl (C=O) groups is 1. The third-order valence-corrected chi connectivity index (χ3v) is 6.30. The predicted molar refractivity (Wildman–Crippen MR) is 80.2 cm³/mol. The van der Waals surface area contributed by atoms with Gasteiger partial charge in [0.1, 0.15) is 6.10 Å². The standard InChI is InChI=1S/C14H25NO5S/c1-7-11(18)12(19)13(20)14(21-7)8-3-2-4-9(5-8)15-6-10(16)17/h7-9,11-15,18-20H,2-6H2,1H3,(H,16,17)/t7-,8?,9?,11+,12+,13-,14-/m0/s1. The third kappa shape index (κ3) is 4.10. The van der Waals surface area contributed by atoms with E-state index in [2.05, 4.69) is 5.32 Å². The van der Waals surface area contributed by atoms with E-state index in [0.29, 0.717) is 0 Å². The molecule has 2 fully saturated rings. The summed E-state index contributed by atoms with van der Waals surface area (Å²) >= 11 is 1.54. The van der Waals surface area contributed by atoms with Crippen LogP contribution in [0.5, 0.6) is 0 Å². The molecule has 1 aliphatic heterocycles. The Balaban J connectivity index is 1.95. The first-order valence-electron chi connectivity index (χ1n) is 7.55. The molecule has 2 aliphatic rings. The largest absolute Gasteiger partial charge is 0.480 e. The van der Waals surface area contributed by atoms with Gasteiger partial charge in [-0.1, -0.05) is 13.3 Å². The lowest BCUT2D eigenvalue weighted by Gasteiger charge is -2.44. The zero-order valence-electron chi connectivity index (χ0n) is 12.2. The van der Waals surface area contributed by atoms with Crippen LogP contribution in [0.1, 0.15) is 32.6 Å². The van der Waals surface area contributed by atoms with E-state index >= 15 is 0 Å². The number of aliphatic hydroxyl groups is 3. The van der Waals surface area contributed by atoms with Gasteiger partial charge in [0.2, 0.25) is 0 Å².